The molecular weight excluding hydrogens is 452 g/mol. The van der Waals surface area contributed by atoms with Gasteiger partial charge in [0.05, 0.1) is 23.4 Å². The van der Waals surface area contributed by atoms with E-state index in [1.54, 1.807) is 13.2 Å². The molecule has 4 rings (SSSR count). The second-order valence-electron chi connectivity index (χ2n) is 8.97. The highest BCUT2D eigenvalue weighted by Crippen LogP contribution is 2.35. The molecule has 1 fully saturated rings. The monoisotopic (exact) mass is 481 g/mol. The smallest absolute Gasteiger partial charge is 0.252 e. The quantitative estimate of drug-likeness (QED) is 0.406. The van der Waals surface area contributed by atoms with Crippen LogP contribution < -0.4 is 21.3 Å². The molecule has 1 atom stereocenters. The number of nitrogens with zero attached hydrogens (tertiary/aromatic N) is 2. The predicted molar refractivity (Wildman–Crippen MR) is 133 cm³/mol. The molecule has 4 N–H and O–H groups in total. The molecule has 0 unspecified atom stereocenters. The number of rotatable bonds is 9. The normalized spacial score (nSPS) is 17.4. The molecule has 1 aliphatic heterocycles. The lowest BCUT2D eigenvalue weighted by Gasteiger charge is -2.36. The first-order chi connectivity index (χ1) is 16.8. The van der Waals surface area contributed by atoms with Gasteiger partial charge in [0, 0.05) is 49.9 Å². The molecule has 0 aliphatic carbocycles. The number of hydrogen-bond acceptors (Lipinski definition) is 6. The number of ether oxygens (including phenoxy) is 1. The molecule has 1 saturated heterocycles. The second-order valence-corrected chi connectivity index (χ2v) is 8.97. The van der Waals surface area contributed by atoms with Gasteiger partial charge in [-0.25, -0.2) is 13.8 Å². The van der Waals surface area contributed by atoms with Gasteiger partial charge in [-0.2, -0.15) is 0 Å². The van der Waals surface area contributed by atoms with Crippen molar-refractivity contribution >= 4 is 28.8 Å². The van der Waals surface area contributed by atoms with Gasteiger partial charge < -0.3 is 26.0 Å². The maximum atomic E-state index is 13.5. The minimum Gasteiger partial charge on any atom is -0.382 e. The number of methoxy groups -OCH3 is 1. The number of nitrogens with one attached hydrogen (secondary N) is 2. The molecule has 7 nitrogen and oxygen atoms in total. The fraction of sp³-hybridized carbons (Fsp3) is 0.308. The van der Waals surface area contributed by atoms with Gasteiger partial charge in [0.15, 0.2) is 0 Å². The molecule has 1 aliphatic rings. The molecule has 0 spiro atoms. The zero-order chi connectivity index (χ0) is 25.0. The SMILES string of the molecule is COC[C@@]1(C)CCCN1c1ccc(Nc2cc(NCc3cc(F)cc(F)c3)c(C(N)=O)cn2)cc1. The summed E-state index contributed by atoms with van der Waals surface area (Å²) in [7, 11) is 1.73. The van der Waals surface area contributed by atoms with Gasteiger partial charge >= 0.3 is 0 Å². The molecule has 0 radical (unpaired) electrons. The molecule has 1 aromatic heterocycles. The van der Waals surface area contributed by atoms with E-state index in [2.05, 4.69) is 39.6 Å². The number of halogens is 2. The number of nitrogens with two attached hydrogens (primary N) is 1. The van der Waals surface area contributed by atoms with E-state index >= 15 is 0 Å². The van der Waals surface area contributed by atoms with Crippen LogP contribution in [0.1, 0.15) is 35.7 Å². The third kappa shape index (κ3) is 5.68. The first-order valence-corrected chi connectivity index (χ1v) is 11.4. The van der Waals surface area contributed by atoms with Crippen LogP contribution in [0.4, 0.5) is 31.7 Å². The molecular formula is C26H29F2N5O2. The molecule has 184 valence electrons. The zero-order valence-electron chi connectivity index (χ0n) is 19.8. The van der Waals surface area contributed by atoms with Gasteiger partial charge in [-0.3, -0.25) is 4.79 Å². The van der Waals surface area contributed by atoms with E-state index in [1.165, 1.54) is 18.3 Å². The van der Waals surface area contributed by atoms with Crippen molar-refractivity contribution in [3.63, 3.8) is 0 Å². The first-order valence-electron chi connectivity index (χ1n) is 11.4. The molecule has 2 heterocycles. The van der Waals surface area contributed by atoms with Gasteiger partial charge in [-0.1, -0.05) is 0 Å². The van der Waals surface area contributed by atoms with Gasteiger partial charge in [-0.05, 0) is 61.7 Å². The van der Waals surface area contributed by atoms with Crippen LogP contribution in [0, 0.1) is 11.6 Å². The van der Waals surface area contributed by atoms with Crippen LogP contribution in [0.5, 0.6) is 0 Å². The van der Waals surface area contributed by atoms with E-state index in [0.717, 1.165) is 36.8 Å². The molecule has 0 bridgehead atoms. The Balaban J connectivity index is 1.49. The highest BCUT2D eigenvalue weighted by Gasteiger charge is 2.36. The van der Waals surface area contributed by atoms with Crippen molar-refractivity contribution < 1.29 is 18.3 Å². The largest absolute Gasteiger partial charge is 0.382 e. The Kier molecular flexibility index (Phi) is 7.16. The number of carbonyl (C=O) groups is 1. The van der Waals surface area contributed by atoms with Gasteiger partial charge in [0.25, 0.3) is 5.91 Å². The standard InChI is InChI=1S/C26H29F2N5O2/c1-26(16-35-2)8-3-9-33(26)21-6-4-20(5-7-21)32-24-13-23(22(15-31-24)25(29)34)30-14-17-10-18(27)12-19(28)11-17/h4-7,10-13,15H,3,8-9,14,16H2,1-2H3,(H2,29,34)(H2,30,31,32)/t26-/m1/s1. The van der Waals surface area contributed by atoms with Gasteiger partial charge in [-0.15, -0.1) is 0 Å². The molecule has 9 heteroatoms. The van der Waals surface area contributed by atoms with Crippen molar-refractivity contribution in [3.8, 4) is 0 Å². The number of anilines is 4. The van der Waals surface area contributed by atoms with E-state index in [9.17, 15) is 13.6 Å². The second kappa shape index (κ2) is 10.3. The van der Waals surface area contributed by atoms with E-state index in [-0.39, 0.29) is 17.6 Å². The number of primary amides is 1. The van der Waals surface area contributed by atoms with Crippen LogP contribution in [0.3, 0.4) is 0 Å². The molecule has 3 aromatic rings. The predicted octanol–water partition coefficient (Wildman–Crippen LogP) is 4.82. The van der Waals surface area contributed by atoms with Crippen LogP contribution in [0.2, 0.25) is 0 Å². The summed E-state index contributed by atoms with van der Waals surface area (Å²) in [4.78, 5) is 18.5. The summed E-state index contributed by atoms with van der Waals surface area (Å²) in [5.41, 5.74) is 8.36. The van der Waals surface area contributed by atoms with Crippen molar-refractivity contribution in [2.75, 3.05) is 35.8 Å². The van der Waals surface area contributed by atoms with Crippen molar-refractivity contribution in [1.82, 2.24) is 4.98 Å². The number of pyridine rings is 1. The Morgan fingerprint density at radius 1 is 1.17 bits per heavy atom. The Morgan fingerprint density at radius 3 is 2.54 bits per heavy atom. The average Bonchev–Trinajstić information content (AvgIpc) is 3.19. The Morgan fingerprint density at radius 2 is 1.89 bits per heavy atom. The molecule has 0 saturated carbocycles. The highest BCUT2D eigenvalue weighted by molar-refractivity contribution is 5.98. The fourth-order valence-corrected chi connectivity index (χ4v) is 4.57. The van der Waals surface area contributed by atoms with Crippen LogP contribution in [-0.4, -0.2) is 36.7 Å². The number of benzene rings is 2. The molecule has 1 amide bonds. The maximum Gasteiger partial charge on any atom is 0.252 e. The van der Waals surface area contributed by atoms with E-state index in [4.69, 9.17) is 10.5 Å². The number of carbonyl (C=O) groups excluding carboxylic acids is 1. The third-order valence-corrected chi connectivity index (χ3v) is 6.23. The van der Waals surface area contributed by atoms with Gasteiger partial charge in [0.2, 0.25) is 0 Å². The zero-order valence-corrected chi connectivity index (χ0v) is 19.8. The average molecular weight is 482 g/mol. The fourth-order valence-electron chi connectivity index (χ4n) is 4.57. The Hall–Kier alpha value is -3.72. The first kappa shape index (κ1) is 24.4. The third-order valence-electron chi connectivity index (χ3n) is 6.23. The lowest BCUT2D eigenvalue weighted by atomic mass is 9.99. The topological polar surface area (TPSA) is 92.5 Å². The van der Waals surface area contributed by atoms with Crippen molar-refractivity contribution in [1.29, 1.82) is 0 Å². The highest BCUT2D eigenvalue weighted by atomic mass is 19.1. The minimum absolute atomic E-state index is 0.0268. The van der Waals surface area contributed by atoms with Crippen molar-refractivity contribution in [2.24, 2.45) is 5.73 Å². The van der Waals surface area contributed by atoms with Crippen molar-refractivity contribution in [2.45, 2.75) is 31.8 Å². The maximum absolute atomic E-state index is 13.5. The van der Waals surface area contributed by atoms with Gasteiger partial charge in [0.1, 0.15) is 17.5 Å². The summed E-state index contributed by atoms with van der Waals surface area (Å²) in [6.45, 7) is 3.96. The number of hydrogen-bond donors (Lipinski definition) is 3. The van der Waals surface area contributed by atoms with Crippen LogP contribution in [0.25, 0.3) is 0 Å². The van der Waals surface area contributed by atoms with E-state index in [0.29, 0.717) is 23.7 Å². The van der Waals surface area contributed by atoms with E-state index < -0.39 is 17.5 Å². The summed E-state index contributed by atoms with van der Waals surface area (Å²) in [5.74, 6) is -1.52. The number of amides is 1. The summed E-state index contributed by atoms with van der Waals surface area (Å²) >= 11 is 0. The minimum atomic E-state index is -0.672. The Labute approximate surface area is 203 Å². The molecule has 35 heavy (non-hydrogen) atoms. The molecule has 2 aromatic carbocycles. The van der Waals surface area contributed by atoms with Crippen LogP contribution in [0.15, 0.2) is 54.7 Å². The Bertz CT molecular complexity index is 1180. The van der Waals surface area contributed by atoms with Crippen LogP contribution in [-0.2, 0) is 11.3 Å². The number of aromatic nitrogens is 1. The lowest BCUT2D eigenvalue weighted by molar-refractivity contribution is 0.100. The van der Waals surface area contributed by atoms with E-state index in [1.807, 2.05) is 12.1 Å². The summed E-state index contributed by atoms with van der Waals surface area (Å²) in [6.07, 6.45) is 3.57. The lowest BCUT2D eigenvalue weighted by Crippen LogP contribution is -2.45. The summed E-state index contributed by atoms with van der Waals surface area (Å²) in [6, 6.07) is 12.9. The van der Waals surface area contributed by atoms with Crippen LogP contribution >= 0.6 is 0 Å². The summed E-state index contributed by atoms with van der Waals surface area (Å²) in [5, 5.41) is 6.25. The van der Waals surface area contributed by atoms with Crippen molar-refractivity contribution in [3.05, 3.63) is 77.5 Å². The summed E-state index contributed by atoms with van der Waals surface area (Å²) < 4.78 is 32.5.